The van der Waals surface area contributed by atoms with Gasteiger partial charge in [0.2, 0.25) is 5.91 Å². The number of nitrogens with two attached hydrogens (primary N) is 1. The Hall–Kier alpha value is -2.04. The molecule has 2 N–H and O–H groups in total. The van der Waals surface area contributed by atoms with E-state index in [9.17, 15) is 9.59 Å². The van der Waals surface area contributed by atoms with Gasteiger partial charge >= 0.3 is 6.03 Å². The Morgan fingerprint density at radius 1 is 1.00 bits per heavy atom. The van der Waals surface area contributed by atoms with E-state index in [4.69, 9.17) is 5.73 Å². The number of nitrogens with zero attached hydrogens (tertiary/aromatic N) is 2. The average molecular weight is 301 g/mol. The molecule has 5 nitrogen and oxygen atoms in total. The Morgan fingerprint density at radius 2 is 1.73 bits per heavy atom. The molecule has 1 aromatic rings. The highest BCUT2D eigenvalue weighted by molar-refractivity contribution is 5.79. The monoisotopic (exact) mass is 301 g/mol. The lowest BCUT2D eigenvalue weighted by Crippen LogP contribution is -2.49. The van der Waals surface area contributed by atoms with Crippen LogP contribution in [0.5, 0.6) is 0 Å². The summed E-state index contributed by atoms with van der Waals surface area (Å²) in [5, 5.41) is 0. The van der Waals surface area contributed by atoms with E-state index in [0.29, 0.717) is 12.5 Å². The normalized spacial score (nSPS) is 25.3. The number of likely N-dealkylation sites (tertiary alicyclic amines) is 2. The van der Waals surface area contributed by atoms with Crippen molar-refractivity contribution in [3.63, 3.8) is 0 Å². The fraction of sp³-hybridized carbons (Fsp3) is 0.529. The quantitative estimate of drug-likeness (QED) is 0.905. The van der Waals surface area contributed by atoms with Crippen molar-refractivity contribution in [3.8, 4) is 0 Å². The van der Waals surface area contributed by atoms with E-state index in [1.807, 2.05) is 23.1 Å². The average Bonchev–Trinajstić information content (AvgIpc) is 3.05. The molecule has 2 aliphatic rings. The first-order valence-electron chi connectivity index (χ1n) is 8.03. The lowest BCUT2D eigenvalue weighted by atomic mass is 9.98. The van der Waals surface area contributed by atoms with Crippen molar-refractivity contribution in [2.75, 3.05) is 26.2 Å². The number of amides is 3. The molecule has 22 heavy (non-hydrogen) atoms. The highest BCUT2D eigenvalue weighted by Crippen LogP contribution is 2.28. The van der Waals surface area contributed by atoms with Crippen molar-refractivity contribution in [2.45, 2.75) is 25.2 Å². The summed E-state index contributed by atoms with van der Waals surface area (Å²) < 4.78 is 0. The highest BCUT2D eigenvalue weighted by Gasteiger charge is 2.33. The molecule has 2 saturated heterocycles. The van der Waals surface area contributed by atoms with Gasteiger partial charge in [0.05, 0.1) is 5.92 Å². The lowest BCUT2D eigenvalue weighted by Gasteiger charge is -2.34. The van der Waals surface area contributed by atoms with Crippen LogP contribution in [0.15, 0.2) is 30.3 Å². The highest BCUT2D eigenvalue weighted by atomic mass is 16.2. The summed E-state index contributed by atoms with van der Waals surface area (Å²) in [5.74, 6) is -0.0619. The SMILES string of the molecule is NC(=O)C1CCCN(C(=O)N2CC[C@H](c3ccccc3)C2)C1. The molecule has 2 fully saturated rings. The number of hydrogen-bond donors (Lipinski definition) is 1. The first-order valence-corrected chi connectivity index (χ1v) is 8.03. The summed E-state index contributed by atoms with van der Waals surface area (Å²) >= 11 is 0. The Balaban J connectivity index is 1.60. The Bertz CT molecular complexity index is 546. The van der Waals surface area contributed by atoms with Crippen molar-refractivity contribution in [1.82, 2.24) is 9.80 Å². The molecule has 3 amide bonds. The molecule has 2 atom stereocenters. The summed E-state index contributed by atoms with van der Waals surface area (Å²) in [5.41, 5.74) is 6.69. The van der Waals surface area contributed by atoms with Crippen LogP contribution in [0.1, 0.15) is 30.7 Å². The minimum absolute atomic E-state index is 0.0596. The summed E-state index contributed by atoms with van der Waals surface area (Å²) in [7, 11) is 0. The van der Waals surface area contributed by atoms with E-state index < -0.39 is 0 Å². The predicted molar refractivity (Wildman–Crippen MR) is 84.3 cm³/mol. The van der Waals surface area contributed by atoms with Crippen LogP contribution in [0.25, 0.3) is 0 Å². The maximum absolute atomic E-state index is 12.6. The zero-order valence-corrected chi connectivity index (χ0v) is 12.8. The molecule has 2 aliphatic heterocycles. The van der Waals surface area contributed by atoms with Gasteiger partial charge in [0, 0.05) is 32.1 Å². The van der Waals surface area contributed by atoms with Crippen molar-refractivity contribution in [1.29, 1.82) is 0 Å². The largest absolute Gasteiger partial charge is 0.369 e. The number of piperidine rings is 1. The van der Waals surface area contributed by atoms with Crippen molar-refractivity contribution in [2.24, 2.45) is 11.7 Å². The second kappa shape index (κ2) is 6.38. The number of primary amides is 1. The summed E-state index contributed by atoms with van der Waals surface area (Å²) in [6.45, 7) is 2.76. The summed E-state index contributed by atoms with van der Waals surface area (Å²) in [6.07, 6.45) is 2.66. The van der Waals surface area contributed by atoms with Crippen molar-refractivity contribution in [3.05, 3.63) is 35.9 Å². The molecule has 1 unspecified atom stereocenters. The van der Waals surface area contributed by atoms with Crippen LogP contribution in [0.2, 0.25) is 0 Å². The lowest BCUT2D eigenvalue weighted by molar-refractivity contribution is -0.123. The van der Waals surface area contributed by atoms with E-state index in [0.717, 1.165) is 38.9 Å². The van der Waals surface area contributed by atoms with E-state index >= 15 is 0 Å². The third kappa shape index (κ3) is 3.08. The van der Waals surface area contributed by atoms with Crippen molar-refractivity contribution >= 4 is 11.9 Å². The fourth-order valence-corrected chi connectivity index (χ4v) is 3.51. The molecule has 0 bridgehead atoms. The van der Waals surface area contributed by atoms with Crippen LogP contribution in [0.4, 0.5) is 4.79 Å². The minimum Gasteiger partial charge on any atom is -0.369 e. The van der Waals surface area contributed by atoms with Gasteiger partial charge in [0.15, 0.2) is 0 Å². The number of carbonyl (C=O) groups excluding carboxylic acids is 2. The van der Waals surface area contributed by atoms with Gasteiger partial charge in [0.1, 0.15) is 0 Å². The molecule has 0 radical (unpaired) electrons. The molecular formula is C17H23N3O2. The number of rotatable bonds is 2. The summed E-state index contributed by atoms with van der Waals surface area (Å²) in [6, 6.07) is 10.4. The number of benzene rings is 1. The van der Waals surface area contributed by atoms with E-state index in [1.165, 1.54) is 5.56 Å². The second-order valence-electron chi connectivity index (χ2n) is 6.31. The second-order valence-corrected chi connectivity index (χ2v) is 6.31. The van der Waals surface area contributed by atoms with Gasteiger partial charge in [-0.3, -0.25) is 4.79 Å². The third-order valence-electron chi connectivity index (χ3n) is 4.82. The molecule has 2 heterocycles. The molecule has 0 saturated carbocycles. The van der Waals surface area contributed by atoms with Crippen LogP contribution in [-0.4, -0.2) is 47.9 Å². The van der Waals surface area contributed by atoms with Gasteiger partial charge in [-0.05, 0) is 24.8 Å². The van der Waals surface area contributed by atoms with Crippen LogP contribution in [0, 0.1) is 5.92 Å². The standard InChI is InChI=1S/C17H23N3O2/c18-16(21)15-7-4-9-19(12-15)17(22)20-10-8-14(11-20)13-5-2-1-3-6-13/h1-3,5-6,14-15H,4,7-12H2,(H2,18,21)/t14-,15?/m0/s1. The molecule has 0 spiro atoms. The van der Waals surface area contributed by atoms with Gasteiger partial charge < -0.3 is 15.5 Å². The van der Waals surface area contributed by atoms with Crippen LogP contribution < -0.4 is 5.73 Å². The molecular weight excluding hydrogens is 278 g/mol. The zero-order valence-electron chi connectivity index (χ0n) is 12.8. The number of urea groups is 1. The number of carbonyl (C=O) groups is 2. The molecule has 3 rings (SSSR count). The molecule has 0 aliphatic carbocycles. The van der Waals surface area contributed by atoms with Gasteiger partial charge in [-0.25, -0.2) is 4.79 Å². The maximum atomic E-state index is 12.6. The molecule has 5 heteroatoms. The Kier molecular flexibility index (Phi) is 4.32. The molecule has 1 aromatic carbocycles. The van der Waals surface area contributed by atoms with E-state index in [1.54, 1.807) is 4.90 Å². The fourth-order valence-electron chi connectivity index (χ4n) is 3.51. The van der Waals surface area contributed by atoms with Gasteiger partial charge in [-0.2, -0.15) is 0 Å². The smallest absolute Gasteiger partial charge is 0.320 e. The van der Waals surface area contributed by atoms with Crippen LogP contribution in [-0.2, 0) is 4.79 Å². The molecule has 0 aromatic heterocycles. The molecule has 118 valence electrons. The van der Waals surface area contributed by atoms with Crippen LogP contribution >= 0.6 is 0 Å². The number of hydrogen-bond acceptors (Lipinski definition) is 2. The van der Waals surface area contributed by atoms with Crippen LogP contribution in [0.3, 0.4) is 0 Å². The van der Waals surface area contributed by atoms with Gasteiger partial charge in [0.25, 0.3) is 0 Å². The van der Waals surface area contributed by atoms with E-state index in [2.05, 4.69) is 12.1 Å². The first kappa shape index (κ1) is 14.9. The van der Waals surface area contributed by atoms with Gasteiger partial charge in [-0.1, -0.05) is 30.3 Å². The Labute approximate surface area is 131 Å². The zero-order chi connectivity index (χ0) is 15.5. The first-order chi connectivity index (χ1) is 10.6. The Morgan fingerprint density at radius 3 is 2.45 bits per heavy atom. The topological polar surface area (TPSA) is 66.6 Å². The maximum Gasteiger partial charge on any atom is 0.320 e. The third-order valence-corrected chi connectivity index (χ3v) is 4.82. The van der Waals surface area contributed by atoms with Crippen molar-refractivity contribution < 1.29 is 9.59 Å². The predicted octanol–water partition coefficient (Wildman–Crippen LogP) is 1.79. The minimum atomic E-state index is -0.291. The van der Waals surface area contributed by atoms with E-state index in [-0.39, 0.29) is 17.9 Å². The summed E-state index contributed by atoms with van der Waals surface area (Å²) in [4.78, 5) is 27.7. The van der Waals surface area contributed by atoms with Gasteiger partial charge in [-0.15, -0.1) is 0 Å².